The maximum absolute atomic E-state index is 5.11. The van der Waals surface area contributed by atoms with E-state index in [1.54, 1.807) is 0 Å². The number of aromatic nitrogens is 3. The molecule has 1 saturated heterocycles. The lowest BCUT2D eigenvalue weighted by atomic mass is 9.99. The highest BCUT2D eigenvalue weighted by Gasteiger charge is 2.20. The predicted molar refractivity (Wildman–Crippen MR) is 107 cm³/mol. The quantitative estimate of drug-likeness (QED) is 0.711. The molecule has 2 aliphatic rings. The molecule has 3 heterocycles. The Hall–Kier alpha value is -1.94. The molecule has 1 aliphatic carbocycles. The molecule has 0 saturated carbocycles. The van der Waals surface area contributed by atoms with Crippen molar-refractivity contribution in [2.24, 2.45) is 5.92 Å². The predicted octanol–water partition coefficient (Wildman–Crippen LogP) is 4.20. The molecule has 1 fully saturated rings. The van der Waals surface area contributed by atoms with Crippen LogP contribution >= 0.6 is 0 Å². The van der Waals surface area contributed by atoms with Crippen molar-refractivity contribution >= 4 is 22.1 Å². The van der Waals surface area contributed by atoms with Gasteiger partial charge in [0, 0.05) is 18.5 Å². The van der Waals surface area contributed by atoms with E-state index in [2.05, 4.69) is 40.7 Å². The van der Waals surface area contributed by atoms with Crippen molar-refractivity contribution in [2.75, 3.05) is 19.6 Å². The van der Waals surface area contributed by atoms with Gasteiger partial charge in [0.1, 0.15) is 5.52 Å². The van der Waals surface area contributed by atoms with Crippen LogP contribution in [0.5, 0.6) is 0 Å². The number of benzene rings is 1. The summed E-state index contributed by atoms with van der Waals surface area (Å²) in [5.41, 5.74) is 5.96. The number of aryl methyl sites for hydroxylation is 2. The van der Waals surface area contributed by atoms with Gasteiger partial charge in [0.05, 0.1) is 16.9 Å². The van der Waals surface area contributed by atoms with Gasteiger partial charge in [-0.15, -0.1) is 0 Å². The molecule has 1 aliphatic heterocycles. The fraction of sp³-hybridized carbons (Fsp3) is 0.545. The van der Waals surface area contributed by atoms with Gasteiger partial charge < -0.3 is 9.47 Å². The number of para-hydroxylation sites is 1. The Morgan fingerprint density at radius 1 is 0.962 bits per heavy atom. The molecule has 3 aromatic rings. The number of likely N-dealkylation sites (tertiary alicyclic amines) is 1. The normalized spacial score (nSPS) is 19.3. The van der Waals surface area contributed by atoms with Gasteiger partial charge in [-0.3, -0.25) is 0 Å². The van der Waals surface area contributed by atoms with Crippen LogP contribution < -0.4 is 0 Å². The smallest absolute Gasteiger partial charge is 0.160 e. The molecule has 0 radical (unpaired) electrons. The standard InChI is InChI=1S/C22H28N4/c1-16-10-12-25(13-11-16)14-15-26-20-9-5-2-6-17(20)21-22(26)24-19-8-4-3-7-18(19)23-21/h2,5-6,9,16H,3-4,7-8,10-15H2,1H3. The van der Waals surface area contributed by atoms with Crippen molar-refractivity contribution < 1.29 is 0 Å². The molecule has 5 rings (SSSR count). The van der Waals surface area contributed by atoms with Gasteiger partial charge in [0.2, 0.25) is 0 Å². The highest BCUT2D eigenvalue weighted by molar-refractivity contribution is 6.04. The molecular formula is C22H28N4. The van der Waals surface area contributed by atoms with Crippen LogP contribution in [0, 0.1) is 5.92 Å². The Bertz CT molecular complexity index is 934. The first-order valence-electron chi connectivity index (χ1n) is 10.3. The monoisotopic (exact) mass is 348 g/mol. The number of hydrogen-bond acceptors (Lipinski definition) is 3. The maximum Gasteiger partial charge on any atom is 0.160 e. The Balaban J connectivity index is 1.54. The van der Waals surface area contributed by atoms with Crippen molar-refractivity contribution in [3.05, 3.63) is 35.7 Å². The molecule has 4 heteroatoms. The fourth-order valence-electron chi connectivity index (χ4n) is 4.63. The molecule has 0 unspecified atom stereocenters. The average Bonchev–Trinajstić information content (AvgIpc) is 2.99. The summed E-state index contributed by atoms with van der Waals surface area (Å²) in [5.74, 6) is 0.886. The number of hydrogen-bond donors (Lipinski definition) is 0. The van der Waals surface area contributed by atoms with Gasteiger partial charge in [0.25, 0.3) is 0 Å². The maximum atomic E-state index is 5.11. The first-order chi connectivity index (χ1) is 12.8. The fourth-order valence-corrected chi connectivity index (χ4v) is 4.63. The summed E-state index contributed by atoms with van der Waals surface area (Å²) in [6.45, 7) is 6.97. The first-order valence-corrected chi connectivity index (χ1v) is 10.3. The van der Waals surface area contributed by atoms with Gasteiger partial charge in [0.15, 0.2) is 5.65 Å². The first kappa shape index (κ1) is 16.2. The molecule has 0 atom stereocenters. The number of rotatable bonds is 3. The van der Waals surface area contributed by atoms with Crippen molar-refractivity contribution in [1.29, 1.82) is 0 Å². The minimum atomic E-state index is 0.886. The molecular weight excluding hydrogens is 320 g/mol. The SMILES string of the molecule is CC1CCN(CCn2c3ccccc3c3nc4c(nc32)CCCC4)CC1. The Labute approximate surface area is 155 Å². The highest BCUT2D eigenvalue weighted by atomic mass is 15.2. The molecule has 4 nitrogen and oxygen atoms in total. The van der Waals surface area contributed by atoms with E-state index < -0.39 is 0 Å². The van der Waals surface area contributed by atoms with E-state index in [0.29, 0.717) is 0 Å². The van der Waals surface area contributed by atoms with Crippen LogP contribution in [0.15, 0.2) is 24.3 Å². The zero-order valence-electron chi connectivity index (χ0n) is 15.7. The third kappa shape index (κ3) is 2.81. The summed E-state index contributed by atoms with van der Waals surface area (Å²) >= 11 is 0. The third-order valence-electron chi connectivity index (χ3n) is 6.33. The largest absolute Gasteiger partial charge is 0.323 e. The Morgan fingerprint density at radius 2 is 1.69 bits per heavy atom. The second kappa shape index (κ2) is 6.66. The van der Waals surface area contributed by atoms with Crippen LogP contribution in [0.3, 0.4) is 0 Å². The summed E-state index contributed by atoms with van der Waals surface area (Å²) in [6.07, 6.45) is 7.34. The van der Waals surface area contributed by atoms with Crippen molar-refractivity contribution in [1.82, 2.24) is 19.4 Å². The number of piperidine rings is 1. The van der Waals surface area contributed by atoms with Crippen LogP contribution in [0.25, 0.3) is 22.1 Å². The summed E-state index contributed by atoms with van der Waals surface area (Å²) in [6, 6.07) is 8.70. The second-order valence-corrected chi connectivity index (χ2v) is 8.19. The molecule has 2 aromatic heterocycles. The lowest BCUT2D eigenvalue weighted by Gasteiger charge is -2.30. The summed E-state index contributed by atoms with van der Waals surface area (Å²) < 4.78 is 2.42. The van der Waals surface area contributed by atoms with E-state index in [-0.39, 0.29) is 0 Å². The summed E-state index contributed by atoms with van der Waals surface area (Å²) in [7, 11) is 0. The minimum absolute atomic E-state index is 0.886. The molecule has 0 N–H and O–H groups in total. The lowest BCUT2D eigenvalue weighted by molar-refractivity contribution is 0.187. The van der Waals surface area contributed by atoms with Gasteiger partial charge in [-0.25, -0.2) is 9.97 Å². The highest BCUT2D eigenvalue weighted by Crippen LogP contribution is 2.29. The second-order valence-electron chi connectivity index (χ2n) is 8.19. The topological polar surface area (TPSA) is 34.0 Å². The number of nitrogens with zero attached hydrogens (tertiary/aromatic N) is 4. The van der Waals surface area contributed by atoms with E-state index in [1.165, 1.54) is 61.1 Å². The van der Waals surface area contributed by atoms with Crippen molar-refractivity contribution in [3.8, 4) is 0 Å². The molecule has 136 valence electrons. The van der Waals surface area contributed by atoms with Crippen LogP contribution in [0.2, 0.25) is 0 Å². The van der Waals surface area contributed by atoms with Crippen molar-refractivity contribution in [3.63, 3.8) is 0 Å². The summed E-state index contributed by atoms with van der Waals surface area (Å²) in [5, 5.41) is 1.26. The van der Waals surface area contributed by atoms with E-state index >= 15 is 0 Å². The van der Waals surface area contributed by atoms with Gasteiger partial charge in [-0.1, -0.05) is 25.1 Å². The van der Waals surface area contributed by atoms with Gasteiger partial charge in [-0.05, 0) is 63.6 Å². The van der Waals surface area contributed by atoms with Gasteiger partial charge in [-0.2, -0.15) is 0 Å². The van der Waals surface area contributed by atoms with Crippen LogP contribution in [-0.4, -0.2) is 39.1 Å². The molecule has 26 heavy (non-hydrogen) atoms. The third-order valence-corrected chi connectivity index (χ3v) is 6.33. The Morgan fingerprint density at radius 3 is 2.50 bits per heavy atom. The van der Waals surface area contributed by atoms with E-state index in [9.17, 15) is 0 Å². The van der Waals surface area contributed by atoms with Crippen LogP contribution in [0.1, 0.15) is 44.0 Å². The zero-order chi connectivity index (χ0) is 17.5. The van der Waals surface area contributed by atoms with Crippen LogP contribution in [-0.2, 0) is 19.4 Å². The molecule has 0 bridgehead atoms. The lowest BCUT2D eigenvalue weighted by Crippen LogP contribution is -2.35. The number of fused-ring (bicyclic) bond motifs is 4. The van der Waals surface area contributed by atoms with Gasteiger partial charge >= 0.3 is 0 Å². The minimum Gasteiger partial charge on any atom is -0.323 e. The van der Waals surface area contributed by atoms with Crippen LogP contribution in [0.4, 0.5) is 0 Å². The average molecular weight is 348 g/mol. The molecule has 0 amide bonds. The Kier molecular flexibility index (Phi) is 4.16. The summed E-state index contributed by atoms with van der Waals surface area (Å²) in [4.78, 5) is 12.8. The van der Waals surface area contributed by atoms with E-state index in [0.717, 1.165) is 43.0 Å². The molecule has 1 aromatic carbocycles. The molecule has 0 spiro atoms. The van der Waals surface area contributed by atoms with E-state index in [1.807, 2.05) is 0 Å². The van der Waals surface area contributed by atoms with E-state index in [4.69, 9.17) is 9.97 Å². The van der Waals surface area contributed by atoms with Crippen molar-refractivity contribution in [2.45, 2.75) is 52.0 Å². The zero-order valence-corrected chi connectivity index (χ0v) is 15.7.